The first-order valence-electron chi connectivity index (χ1n) is 8.16. The molecule has 1 aromatic carbocycles. The van der Waals surface area contributed by atoms with Crippen LogP contribution in [0.2, 0.25) is 0 Å². The third kappa shape index (κ3) is 4.95. The summed E-state index contributed by atoms with van der Waals surface area (Å²) in [5, 5.41) is 3.64. The topological polar surface area (TPSA) is 41.6 Å². The van der Waals surface area contributed by atoms with E-state index in [0.29, 0.717) is 12.0 Å². The van der Waals surface area contributed by atoms with E-state index in [0.717, 1.165) is 17.6 Å². The zero-order valence-corrected chi connectivity index (χ0v) is 16.2. The molecule has 0 spiro atoms. The summed E-state index contributed by atoms with van der Waals surface area (Å²) in [5.74, 6) is 0.465. The average molecular weight is 383 g/mol. The van der Waals surface area contributed by atoms with Gasteiger partial charge in [0.2, 0.25) is 0 Å². The summed E-state index contributed by atoms with van der Waals surface area (Å²) >= 11 is 3.60. The van der Waals surface area contributed by atoms with Crippen LogP contribution < -0.4 is 5.32 Å². The van der Waals surface area contributed by atoms with Gasteiger partial charge in [-0.1, -0.05) is 34.1 Å². The molecule has 4 nitrogen and oxygen atoms in total. The minimum Gasteiger partial charge on any atom is -0.444 e. The van der Waals surface area contributed by atoms with Crippen LogP contribution in [0.15, 0.2) is 28.7 Å². The van der Waals surface area contributed by atoms with Crippen molar-refractivity contribution in [1.82, 2.24) is 10.2 Å². The highest BCUT2D eigenvalue weighted by Gasteiger charge is 2.36. The van der Waals surface area contributed by atoms with Crippen molar-refractivity contribution in [1.29, 1.82) is 0 Å². The molecule has 0 bridgehead atoms. The Morgan fingerprint density at radius 3 is 2.48 bits per heavy atom. The molecule has 1 aliphatic heterocycles. The highest BCUT2D eigenvalue weighted by Crippen LogP contribution is 2.26. The molecule has 0 radical (unpaired) electrons. The van der Waals surface area contributed by atoms with E-state index in [4.69, 9.17) is 4.74 Å². The molecule has 23 heavy (non-hydrogen) atoms. The van der Waals surface area contributed by atoms with Crippen LogP contribution in [0.1, 0.15) is 46.2 Å². The highest BCUT2D eigenvalue weighted by atomic mass is 79.9. The fourth-order valence-corrected chi connectivity index (χ4v) is 3.38. The van der Waals surface area contributed by atoms with Gasteiger partial charge in [0.05, 0.1) is 0 Å². The van der Waals surface area contributed by atoms with Gasteiger partial charge in [-0.15, -0.1) is 0 Å². The summed E-state index contributed by atoms with van der Waals surface area (Å²) in [4.78, 5) is 13.7. The first-order chi connectivity index (χ1) is 10.7. The summed E-state index contributed by atoms with van der Waals surface area (Å²) in [7, 11) is 0. The molecule has 5 heteroatoms. The van der Waals surface area contributed by atoms with E-state index in [1.807, 2.05) is 26.8 Å². The van der Waals surface area contributed by atoms with Crippen LogP contribution >= 0.6 is 15.9 Å². The molecule has 1 N–H and O–H groups in total. The Labute approximate surface area is 147 Å². The number of likely N-dealkylation sites (tertiary alicyclic amines) is 1. The Hall–Kier alpha value is -1.07. The lowest BCUT2D eigenvalue weighted by molar-refractivity contribution is -0.00622. The molecule has 1 aromatic rings. The van der Waals surface area contributed by atoms with E-state index >= 15 is 0 Å². The predicted octanol–water partition coefficient (Wildman–Crippen LogP) is 4.36. The van der Waals surface area contributed by atoms with Crippen molar-refractivity contribution >= 4 is 22.0 Å². The Morgan fingerprint density at radius 1 is 1.30 bits per heavy atom. The lowest BCUT2D eigenvalue weighted by Crippen LogP contribution is -2.57. The van der Waals surface area contributed by atoms with Crippen molar-refractivity contribution in [3.8, 4) is 0 Å². The molecule has 2 atom stereocenters. The zero-order valence-electron chi connectivity index (χ0n) is 14.6. The lowest BCUT2D eigenvalue weighted by atomic mass is 9.92. The van der Waals surface area contributed by atoms with E-state index in [9.17, 15) is 4.79 Å². The monoisotopic (exact) mass is 382 g/mol. The normalized spacial score (nSPS) is 18.3. The number of carbonyl (C=O) groups excluding carboxylic acids is 1. The van der Waals surface area contributed by atoms with Gasteiger partial charge in [-0.25, -0.2) is 4.79 Å². The maximum Gasteiger partial charge on any atom is 0.410 e. The van der Waals surface area contributed by atoms with Crippen molar-refractivity contribution in [3.05, 3.63) is 34.3 Å². The van der Waals surface area contributed by atoms with Gasteiger partial charge in [0.25, 0.3) is 0 Å². The molecular formula is C18H27BrN2O2. The van der Waals surface area contributed by atoms with E-state index in [2.05, 4.69) is 53.3 Å². The van der Waals surface area contributed by atoms with Gasteiger partial charge in [-0.3, -0.25) is 0 Å². The molecule has 0 unspecified atom stereocenters. The summed E-state index contributed by atoms with van der Waals surface area (Å²) in [6, 6.07) is 8.87. The maximum absolute atomic E-state index is 12.0. The van der Waals surface area contributed by atoms with Gasteiger partial charge in [-0.2, -0.15) is 0 Å². The molecule has 1 saturated heterocycles. The van der Waals surface area contributed by atoms with Crippen molar-refractivity contribution in [2.75, 3.05) is 13.1 Å². The maximum atomic E-state index is 12.0. The third-order valence-electron chi connectivity index (χ3n) is 4.15. The van der Waals surface area contributed by atoms with Crippen LogP contribution in [0.3, 0.4) is 0 Å². The summed E-state index contributed by atoms with van der Waals surface area (Å²) in [6.45, 7) is 11.5. The average Bonchev–Trinajstić information content (AvgIpc) is 2.34. The number of rotatable bonds is 4. The molecular weight excluding hydrogens is 356 g/mol. The van der Waals surface area contributed by atoms with Crippen LogP contribution in [0.25, 0.3) is 0 Å². The Kier molecular flexibility index (Phi) is 5.74. The van der Waals surface area contributed by atoms with Crippen molar-refractivity contribution in [2.45, 2.75) is 52.3 Å². The first-order valence-corrected chi connectivity index (χ1v) is 8.95. The number of halogens is 1. The molecule has 0 aromatic heterocycles. The van der Waals surface area contributed by atoms with E-state index in [1.54, 1.807) is 4.90 Å². The number of amides is 1. The number of hydrogen-bond donors (Lipinski definition) is 1. The second-order valence-corrected chi connectivity index (χ2v) is 8.20. The highest BCUT2D eigenvalue weighted by molar-refractivity contribution is 9.10. The quantitative estimate of drug-likeness (QED) is 0.840. The largest absolute Gasteiger partial charge is 0.444 e. The van der Waals surface area contributed by atoms with Crippen LogP contribution in [0.5, 0.6) is 0 Å². The fourth-order valence-electron chi connectivity index (χ4n) is 2.75. The molecule has 2 rings (SSSR count). The van der Waals surface area contributed by atoms with Gasteiger partial charge in [-0.05, 0) is 46.2 Å². The van der Waals surface area contributed by atoms with Crippen LogP contribution in [-0.2, 0) is 4.74 Å². The molecule has 1 aliphatic rings. The minimum absolute atomic E-state index is 0.209. The molecule has 1 amide bonds. The minimum atomic E-state index is -0.430. The van der Waals surface area contributed by atoms with E-state index in [1.165, 1.54) is 5.56 Å². The molecule has 128 valence electrons. The second kappa shape index (κ2) is 7.22. The number of nitrogens with one attached hydrogen (secondary N) is 1. The number of ether oxygens (including phenoxy) is 1. The number of nitrogens with zero attached hydrogens (tertiary/aromatic N) is 1. The van der Waals surface area contributed by atoms with Gasteiger partial charge >= 0.3 is 6.09 Å². The first kappa shape index (κ1) is 18.3. The number of benzene rings is 1. The van der Waals surface area contributed by atoms with Gasteiger partial charge in [0, 0.05) is 35.6 Å². The molecule has 1 fully saturated rings. The van der Waals surface area contributed by atoms with Crippen molar-refractivity contribution in [2.24, 2.45) is 5.92 Å². The van der Waals surface area contributed by atoms with E-state index < -0.39 is 5.60 Å². The van der Waals surface area contributed by atoms with E-state index in [-0.39, 0.29) is 12.1 Å². The van der Waals surface area contributed by atoms with Gasteiger partial charge in [0.15, 0.2) is 0 Å². The van der Waals surface area contributed by atoms with Crippen LogP contribution in [0.4, 0.5) is 4.79 Å². The Morgan fingerprint density at radius 2 is 1.91 bits per heavy atom. The summed E-state index contributed by atoms with van der Waals surface area (Å²) < 4.78 is 6.52. The van der Waals surface area contributed by atoms with Crippen molar-refractivity contribution < 1.29 is 9.53 Å². The molecule has 0 aliphatic carbocycles. The predicted molar refractivity (Wildman–Crippen MR) is 96.5 cm³/mol. The zero-order chi connectivity index (χ0) is 17.2. The smallest absolute Gasteiger partial charge is 0.410 e. The lowest BCUT2D eigenvalue weighted by Gasteiger charge is -2.43. The standard InChI is InChI=1S/C18H27BrN2O2/c1-12(20-13(2)15-8-6-7-9-16(15)19)14-10-21(11-14)17(22)23-18(3,4)5/h6-9,12-14,20H,10-11H2,1-5H3/t12-,13-/m0/s1. The number of carbonyl (C=O) groups is 1. The van der Waals surface area contributed by atoms with Crippen LogP contribution in [-0.4, -0.2) is 35.7 Å². The fraction of sp³-hybridized carbons (Fsp3) is 0.611. The molecule has 1 heterocycles. The van der Waals surface area contributed by atoms with Gasteiger partial charge in [0.1, 0.15) is 5.60 Å². The Bertz CT molecular complexity index is 550. The summed E-state index contributed by atoms with van der Waals surface area (Å²) in [6.07, 6.45) is -0.209. The van der Waals surface area contributed by atoms with Crippen molar-refractivity contribution in [3.63, 3.8) is 0 Å². The third-order valence-corrected chi connectivity index (χ3v) is 4.88. The molecule has 0 saturated carbocycles. The second-order valence-electron chi connectivity index (χ2n) is 7.34. The van der Waals surface area contributed by atoms with Crippen LogP contribution in [0, 0.1) is 5.92 Å². The SMILES string of the molecule is C[C@H](N[C@@H](C)C1CN(C(=O)OC(C)(C)C)C1)c1ccccc1Br. The Balaban J connectivity index is 1.81. The summed E-state index contributed by atoms with van der Waals surface area (Å²) in [5.41, 5.74) is 0.822. The van der Waals surface area contributed by atoms with Gasteiger partial charge < -0.3 is 15.0 Å². The number of hydrogen-bond acceptors (Lipinski definition) is 3.